The summed E-state index contributed by atoms with van der Waals surface area (Å²) in [5, 5.41) is 21.5. The summed E-state index contributed by atoms with van der Waals surface area (Å²) in [6, 6.07) is 0. The lowest BCUT2D eigenvalue weighted by atomic mass is 10.1. The van der Waals surface area contributed by atoms with Crippen molar-refractivity contribution in [2.24, 2.45) is 0 Å². The molecule has 0 fully saturated rings. The molecule has 0 aliphatic carbocycles. The van der Waals surface area contributed by atoms with Crippen molar-refractivity contribution in [3.8, 4) is 0 Å². The molecule has 0 bridgehead atoms. The second-order valence-electron chi connectivity index (χ2n) is 6.06. The molecule has 7 heteroatoms. The van der Waals surface area contributed by atoms with Crippen molar-refractivity contribution >= 4 is 6.29 Å². The van der Waals surface area contributed by atoms with E-state index in [4.69, 9.17) is 0 Å². The average Bonchev–Trinajstić information content (AvgIpc) is 2.64. The largest absolute Gasteiger partial charge is 0.524 e. The minimum atomic E-state index is -2.87. The molecule has 0 saturated heterocycles. The first-order valence-corrected chi connectivity index (χ1v) is 9.29. The SMILES string of the molecule is CCCCCC=CCC=CCC=CCC=CCCC([C]=O)([N+](=O)[O-])[N+](=O)[O-]. The number of nitrogens with zero attached hydrogens (tertiary/aromatic N) is 2. The van der Waals surface area contributed by atoms with Gasteiger partial charge in [-0.15, -0.1) is 0 Å². The first kappa shape index (κ1) is 24.4. The van der Waals surface area contributed by atoms with E-state index in [0.717, 1.165) is 25.5 Å². The van der Waals surface area contributed by atoms with Gasteiger partial charge in [-0.2, -0.15) is 0 Å². The zero-order chi connectivity index (χ0) is 20.4. The van der Waals surface area contributed by atoms with E-state index in [1.165, 1.54) is 19.3 Å². The molecule has 7 nitrogen and oxygen atoms in total. The van der Waals surface area contributed by atoms with Crippen LogP contribution < -0.4 is 0 Å². The van der Waals surface area contributed by atoms with Gasteiger partial charge in [0, 0.05) is 0 Å². The van der Waals surface area contributed by atoms with Gasteiger partial charge in [0.1, 0.15) is 16.3 Å². The van der Waals surface area contributed by atoms with Gasteiger partial charge in [0.15, 0.2) is 0 Å². The molecule has 0 aliphatic rings. The molecule has 0 aromatic carbocycles. The third-order valence-electron chi connectivity index (χ3n) is 3.88. The van der Waals surface area contributed by atoms with Crippen molar-refractivity contribution < 1.29 is 14.6 Å². The second kappa shape index (κ2) is 15.7. The van der Waals surface area contributed by atoms with Crippen molar-refractivity contribution in [2.45, 2.75) is 70.4 Å². The fraction of sp³-hybridized carbons (Fsp3) is 0.550. The molecule has 0 aromatic heterocycles. The topological polar surface area (TPSA) is 103 Å². The van der Waals surface area contributed by atoms with Gasteiger partial charge in [-0.25, -0.2) is 0 Å². The van der Waals surface area contributed by atoms with E-state index >= 15 is 0 Å². The van der Waals surface area contributed by atoms with E-state index in [1.807, 2.05) is 12.2 Å². The van der Waals surface area contributed by atoms with E-state index in [9.17, 15) is 25.0 Å². The van der Waals surface area contributed by atoms with Crippen LogP contribution >= 0.6 is 0 Å². The normalized spacial score (nSPS) is 12.6. The summed E-state index contributed by atoms with van der Waals surface area (Å²) >= 11 is 0. The van der Waals surface area contributed by atoms with Crippen LogP contribution in [0.25, 0.3) is 0 Å². The van der Waals surface area contributed by atoms with Crippen molar-refractivity contribution in [1.29, 1.82) is 0 Å². The first-order valence-electron chi connectivity index (χ1n) is 9.29. The van der Waals surface area contributed by atoms with Crippen molar-refractivity contribution in [3.63, 3.8) is 0 Å². The minimum Gasteiger partial charge on any atom is -0.273 e. The van der Waals surface area contributed by atoms with Crippen LogP contribution in [0.15, 0.2) is 48.6 Å². The zero-order valence-electron chi connectivity index (χ0n) is 15.9. The number of carbonyl (C=O) groups excluding carboxylic acids is 1. The van der Waals surface area contributed by atoms with Gasteiger partial charge >= 0.3 is 11.9 Å². The number of unbranched alkanes of at least 4 members (excludes halogenated alkanes) is 3. The molecule has 0 saturated carbocycles. The van der Waals surface area contributed by atoms with Crippen molar-refractivity contribution in [2.75, 3.05) is 0 Å². The number of hydrogen-bond donors (Lipinski definition) is 0. The molecule has 0 unspecified atom stereocenters. The molecule has 0 atom stereocenters. The highest BCUT2D eigenvalue weighted by Gasteiger charge is 2.57. The summed E-state index contributed by atoms with van der Waals surface area (Å²) < 4.78 is 0. The summed E-state index contributed by atoms with van der Waals surface area (Å²) in [6.07, 6.45) is 23.7. The van der Waals surface area contributed by atoms with Gasteiger partial charge in [0.05, 0.1) is 0 Å². The molecule has 27 heavy (non-hydrogen) atoms. The molecule has 0 amide bonds. The average molecular weight is 377 g/mol. The predicted molar refractivity (Wildman–Crippen MR) is 106 cm³/mol. The van der Waals surface area contributed by atoms with Crippen LogP contribution in [-0.2, 0) is 4.79 Å². The van der Waals surface area contributed by atoms with Gasteiger partial charge in [-0.05, 0) is 38.5 Å². The van der Waals surface area contributed by atoms with Crippen molar-refractivity contribution in [3.05, 3.63) is 68.8 Å². The molecule has 0 spiro atoms. The fourth-order valence-electron chi connectivity index (χ4n) is 2.22. The monoisotopic (exact) mass is 377 g/mol. The fourth-order valence-corrected chi connectivity index (χ4v) is 2.22. The van der Waals surface area contributed by atoms with Gasteiger partial charge in [0.25, 0.3) is 0 Å². The van der Waals surface area contributed by atoms with E-state index in [-0.39, 0.29) is 6.42 Å². The lowest BCUT2D eigenvalue weighted by Gasteiger charge is -2.08. The Kier molecular flexibility index (Phi) is 14.2. The Bertz CT molecular complexity index is 551. The summed E-state index contributed by atoms with van der Waals surface area (Å²) in [6.45, 7) is 2.19. The minimum absolute atomic E-state index is 0.0650. The van der Waals surface area contributed by atoms with E-state index < -0.39 is 21.9 Å². The molecule has 149 valence electrons. The second-order valence-corrected chi connectivity index (χ2v) is 6.06. The number of rotatable bonds is 16. The maximum atomic E-state index is 10.7. The third kappa shape index (κ3) is 10.9. The van der Waals surface area contributed by atoms with Crippen LogP contribution in [0.5, 0.6) is 0 Å². The number of nitro groups is 2. The summed E-state index contributed by atoms with van der Waals surface area (Å²) in [4.78, 5) is 29.7. The van der Waals surface area contributed by atoms with E-state index in [0.29, 0.717) is 6.42 Å². The maximum Gasteiger partial charge on any atom is 0.524 e. The first-order chi connectivity index (χ1) is 13.0. The Labute approximate surface area is 160 Å². The highest BCUT2D eigenvalue weighted by atomic mass is 16.7. The number of hydrogen-bond acceptors (Lipinski definition) is 5. The van der Waals surface area contributed by atoms with Crippen LogP contribution in [-0.4, -0.2) is 21.8 Å². The van der Waals surface area contributed by atoms with Crippen LogP contribution in [0.4, 0.5) is 0 Å². The molecule has 0 aliphatic heterocycles. The Morgan fingerprint density at radius 1 is 0.778 bits per heavy atom. The lowest BCUT2D eigenvalue weighted by Crippen LogP contribution is -2.47. The zero-order valence-corrected chi connectivity index (χ0v) is 15.9. The van der Waals surface area contributed by atoms with Gasteiger partial charge < -0.3 is 0 Å². The van der Waals surface area contributed by atoms with Crippen LogP contribution in [0.1, 0.15) is 64.7 Å². The predicted octanol–water partition coefficient (Wildman–Crippen LogP) is 5.10. The van der Waals surface area contributed by atoms with Crippen LogP contribution in [0.2, 0.25) is 0 Å². The van der Waals surface area contributed by atoms with Gasteiger partial charge in [-0.1, -0.05) is 68.4 Å². The summed E-state index contributed by atoms with van der Waals surface area (Å²) in [5.41, 5.74) is -2.87. The van der Waals surface area contributed by atoms with E-state index in [2.05, 4.69) is 31.2 Å². The Balaban J connectivity index is 3.93. The van der Waals surface area contributed by atoms with E-state index in [1.54, 1.807) is 12.2 Å². The summed E-state index contributed by atoms with van der Waals surface area (Å²) in [5.74, 6) is 0. The number of allylic oxidation sites excluding steroid dienone is 8. The van der Waals surface area contributed by atoms with Crippen LogP contribution in [0.3, 0.4) is 0 Å². The lowest BCUT2D eigenvalue weighted by molar-refractivity contribution is -0.772. The van der Waals surface area contributed by atoms with Crippen LogP contribution in [0, 0.1) is 20.2 Å². The smallest absolute Gasteiger partial charge is 0.273 e. The highest BCUT2D eigenvalue weighted by Crippen LogP contribution is 2.16. The Morgan fingerprint density at radius 3 is 1.63 bits per heavy atom. The van der Waals surface area contributed by atoms with Gasteiger partial charge in [0.2, 0.25) is 0 Å². The molecule has 1 radical (unpaired) electrons. The quantitative estimate of drug-likeness (QED) is 0.122. The molecular weight excluding hydrogens is 348 g/mol. The maximum absolute atomic E-state index is 10.7. The molecule has 0 N–H and O–H groups in total. The van der Waals surface area contributed by atoms with Gasteiger partial charge in [-0.3, -0.25) is 25.0 Å². The highest BCUT2D eigenvalue weighted by molar-refractivity contribution is 5.60. The molecule has 0 rings (SSSR count). The third-order valence-corrected chi connectivity index (χ3v) is 3.88. The van der Waals surface area contributed by atoms with Crippen molar-refractivity contribution in [1.82, 2.24) is 0 Å². The molecular formula is C20H29N2O5. The standard InChI is InChI=1S/C20H29N2O5/c1-2-3-4-5-6-7-8-9-10-11-12-13-14-15-16-17-18-20(19-23,21(24)25)22(26)27/h6-7,9-10,12-13,15-16H,2-5,8,11,14,17-18H2,1H3. The molecule has 0 aromatic rings. The Hall–Kier alpha value is -2.57. The molecule has 0 heterocycles. The Morgan fingerprint density at radius 2 is 1.22 bits per heavy atom. The summed E-state index contributed by atoms with van der Waals surface area (Å²) in [7, 11) is 0.